The fourth-order valence-electron chi connectivity index (χ4n) is 1.08. The molecule has 9 heteroatoms. The Bertz CT molecular complexity index is 523. The van der Waals surface area contributed by atoms with E-state index in [-0.39, 0.29) is 22.6 Å². The Balaban J connectivity index is 2.78. The number of sulfone groups is 1. The van der Waals surface area contributed by atoms with Gasteiger partial charge in [0.2, 0.25) is 0 Å². The zero-order chi connectivity index (χ0) is 13.2. The highest BCUT2D eigenvalue weighted by atomic mass is 79.9. The Labute approximate surface area is 107 Å². The van der Waals surface area contributed by atoms with Crippen molar-refractivity contribution in [3.63, 3.8) is 0 Å². The molecule has 0 aliphatic carbocycles. The second-order valence-electron chi connectivity index (χ2n) is 3.74. The largest absolute Gasteiger partial charge is 0.404 e. The van der Waals surface area contributed by atoms with Crippen molar-refractivity contribution in [2.75, 3.05) is 5.75 Å². The highest BCUT2D eigenvalue weighted by Crippen LogP contribution is 2.21. The normalized spacial score (nSPS) is 12.0. The van der Waals surface area contributed by atoms with Gasteiger partial charge in [0.15, 0.2) is 9.84 Å². The Hall–Kier alpha value is -0.960. The third kappa shape index (κ3) is 3.50. The van der Waals surface area contributed by atoms with Crippen LogP contribution in [0.2, 0.25) is 0 Å². The van der Waals surface area contributed by atoms with E-state index in [0.717, 1.165) is 0 Å². The standard InChI is InChI=1S/C8H12BrN3O4S/c1-6(2)17(15,16)4-3-11-5-7(9)8(10-11)12(13)14/h5-6H,3-4H2,1-2H3. The molecule has 0 aliphatic rings. The number of hydrogen-bond donors (Lipinski definition) is 0. The van der Waals surface area contributed by atoms with Crippen LogP contribution in [0.25, 0.3) is 0 Å². The van der Waals surface area contributed by atoms with E-state index in [0.29, 0.717) is 0 Å². The second kappa shape index (κ2) is 5.13. The molecule has 0 radical (unpaired) electrons. The van der Waals surface area contributed by atoms with E-state index >= 15 is 0 Å². The van der Waals surface area contributed by atoms with Crippen LogP contribution in [0.15, 0.2) is 10.7 Å². The van der Waals surface area contributed by atoms with Crippen LogP contribution in [-0.2, 0) is 16.4 Å². The lowest BCUT2D eigenvalue weighted by Crippen LogP contribution is -2.21. The number of aromatic nitrogens is 2. The van der Waals surface area contributed by atoms with Gasteiger partial charge in [0.05, 0.1) is 28.8 Å². The first kappa shape index (κ1) is 14.1. The molecule has 7 nitrogen and oxygen atoms in total. The summed E-state index contributed by atoms with van der Waals surface area (Å²) in [5, 5.41) is 13.7. The third-order valence-corrected chi connectivity index (χ3v) is 4.94. The molecule has 0 bridgehead atoms. The van der Waals surface area contributed by atoms with Crippen molar-refractivity contribution in [2.24, 2.45) is 0 Å². The van der Waals surface area contributed by atoms with Crippen molar-refractivity contribution < 1.29 is 13.3 Å². The molecule has 0 N–H and O–H groups in total. The van der Waals surface area contributed by atoms with Gasteiger partial charge in [-0.3, -0.25) is 0 Å². The van der Waals surface area contributed by atoms with E-state index in [9.17, 15) is 18.5 Å². The minimum absolute atomic E-state index is 0.0874. The van der Waals surface area contributed by atoms with Gasteiger partial charge in [-0.1, -0.05) is 0 Å². The average molecular weight is 326 g/mol. The maximum atomic E-state index is 11.5. The van der Waals surface area contributed by atoms with Crippen LogP contribution < -0.4 is 0 Å². The van der Waals surface area contributed by atoms with Crippen molar-refractivity contribution >= 4 is 31.6 Å². The van der Waals surface area contributed by atoms with Gasteiger partial charge in [0.1, 0.15) is 4.47 Å². The van der Waals surface area contributed by atoms with Crippen LogP contribution in [0, 0.1) is 10.1 Å². The Morgan fingerprint density at radius 1 is 1.59 bits per heavy atom. The quantitative estimate of drug-likeness (QED) is 0.602. The van der Waals surface area contributed by atoms with E-state index in [1.165, 1.54) is 10.9 Å². The highest BCUT2D eigenvalue weighted by molar-refractivity contribution is 9.10. The number of nitro groups is 1. The van der Waals surface area contributed by atoms with Crippen LogP contribution in [-0.4, -0.2) is 34.1 Å². The fourth-order valence-corrected chi connectivity index (χ4v) is 2.45. The molecule has 1 rings (SSSR count). The molecule has 96 valence electrons. The van der Waals surface area contributed by atoms with Gasteiger partial charge in [-0.15, -0.1) is 0 Å². The predicted octanol–water partition coefficient (Wildman–Crippen LogP) is 1.38. The summed E-state index contributed by atoms with van der Waals surface area (Å²) >= 11 is 2.99. The van der Waals surface area contributed by atoms with Gasteiger partial charge >= 0.3 is 5.82 Å². The first-order valence-corrected chi connectivity index (χ1v) is 7.34. The maximum absolute atomic E-state index is 11.5. The molecule has 0 fully saturated rings. The zero-order valence-electron chi connectivity index (χ0n) is 9.33. The van der Waals surface area contributed by atoms with Crippen LogP contribution in [0.5, 0.6) is 0 Å². The van der Waals surface area contributed by atoms with E-state index in [1.54, 1.807) is 13.8 Å². The van der Waals surface area contributed by atoms with Crippen LogP contribution in [0.3, 0.4) is 0 Å². The number of rotatable bonds is 5. The molecule has 0 aromatic carbocycles. The molecular weight excluding hydrogens is 314 g/mol. The van der Waals surface area contributed by atoms with Crippen molar-refractivity contribution in [3.05, 3.63) is 20.8 Å². The number of halogens is 1. The van der Waals surface area contributed by atoms with Gasteiger partial charge < -0.3 is 10.1 Å². The zero-order valence-corrected chi connectivity index (χ0v) is 11.7. The molecule has 1 aromatic rings. The molecular formula is C8H12BrN3O4S. The summed E-state index contributed by atoms with van der Waals surface area (Å²) in [5.74, 6) is -0.400. The molecule has 0 aliphatic heterocycles. The van der Waals surface area contributed by atoms with Gasteiger partial charge in [-0.05, 0) is 34.7 Å². The van der Waals surface area contributed by atoms with Crippen LogP contribution in [0.1, 0.15) is 13.8 Å². The lowest BCUT2D eigenvalue weighted by Gasteiger charge is -2.05. The molecule has 0 amide bonds. The number of nitrogens with zero attached hydrogens (tertiary/aromatic N) is 3. The molecule has 0 atom stereocenters. The van der Waals surface area contributed by atoms with Crippen molar-refractivity contribution in [1.29, 1.82) is 0 Å². The minimum Gasteiger partial charge on any atom is -0.358 e. The van der Waals surface area contributed by atoms with E-state index in [2.05, 4.69) is 21.0 Å². The summed E-state index contributed by atoms with van der Waals surface area (Å²) in [4.78, 5) is 9.90. The van der Waals surface area contributed by atoms with Gasteiger partial charge in [-0.25, -0.2) is 8.42 Å². The highest BCUT2D eigenvalue weighted by Gasteiger charge is 2.21. The Kier molecular flexibility index (Phi) is 4.26. The minimum atomic E-state index is -3.17. The summed E-state index contributed by atoms with van der Waals surface area (Å²) in [6.07, 6.45) is 1.40. The lowest BCUT2D eigenvalue weighted by atomic mass is 10.6. The first-order valence-electron chi connectivity index (χ1n) is 4.83. The third-order valence-electron chi connectivity index (χ3n) is 2.20. The topological polar surface area (TPSA) is 95.1 Å². The summed E-state index contributed by atoms with van der Waals surface area (Å²) in [7, 11) is -3.17. The van der Waals surface area contributed by atoms with Gasteiger partial charge in [-0.2, -0.15) is 4.68 Å². The first-order chi connectivity index (χ1) is 7.74. The van der Waals surface area contributed by atoms with Crippen LogP contribution >= 0.6 is 15.9 Å². The molecule has 17 heavy (non-hydrogen) atoms. The summed E-state index contributed by atoms with van der Waals surface area (Å²) in [6, 6.07) is 0. The maximum Gasteiger partial charge on any atom is 0.404 e. The van der Waals surface area contributed by atoms with E-state index in [4.69, 9.17) is 0 Å². The molecule has 0 saturated carbocycles. The summed E-state index contributed by atoms with van der Waals surface area (Å²) < 4.78 is 24.6. The average Bonchev–Trinajstić information content (AvgIpc) is 2.57. The van der Waals surface area contributed by atoms with Crippen molar-refractivity contribution in [2.45, 2.75) is 25.6 Å². The Morgan fingerprint density at radius 3 is 2.59 bits per heavy atom. The SMILES string of the molecule is CC(C)S(=O)(=O)CCn1cc(Br)c([N+](=O)[O-])n1. The second-order valence-corrected chi connectivity index (χ2v) is 7.27. The molecule has 0 unspecified atom stereocenters. The van der Waals surface area contributed by atoms with E-state index < -0.39 is 20.0 Å². The summed E-state index contributed by atoms with van der Waals surface area (Å²) in [6.45, 7) is 3.29. The van der Waals surface area contributed by atoms with Crippen LogP contribution in [0.4, 0.5) is 5.82 Å². The van der Waals surface area contributed by atoms with Gasteiger partial charge in [0, 0.05) is 0 Å². The fraction of sp³-hybridized carbons (Fsp3) is 0.625. The van der Waals surface area contributed by atoms with Gasteiger partial charge in [0.25, 0.3) is 0 Å². The summed E-state index contributed by atoms with van der Waals surface area (Å²) in [5.41, 5.74) is 0. The van der Waals surface area contributed by atoms with E-state index in [1.807, 2.05) is 0 Å². The smallest absolute Gasteiger partial charge is 0.358 e. The molecule has 0 saturated heterocycles. The predicted molar refractivity (Wildman–Crippen MR) is 65.5 cm³/mol. The van der Waals surface area contributed by atoms with Crippen molar-refractivity contribution in [1.82, 2.24) is 9.78 Å². The molecule has 1 heterocycles. The number of aryl methyl sites for hydroxylation is 1. The lowest BCUT2D eigenvalue weighted by molar-refractivity contribution is -0.390. The van der Waals surface area contributed by atoms with Crippen molar-refractivity contribution in [3.8, 4) is 0 Å². The monoisotopic (exact) mass is 325 g/mol. The molecule has 1 aromatic heterocycles. The Morgan fingerprint density at radius 2 is 2.18 bits per heavy atom. The number of hydrogen-bond acceptors (Lipinski definition) is 5. The molecule has 0 spiro atoms.